The van der Waals surface area contributed by atoms with Crippen molar-refractivity contribution in [1.29, 1.82) is 0 Å². The Kier molecular flexibility index (Phi) is 9.83. The average molecular weight is 661 g/mol. The third-order valence-electron chi connectivity index (χ3n) is 8.96. The summed E-state index contributed by atoms with van der Waals surface area (Å²) >= 11 is 0. The van der Waals surface area contributed by atoms with Gasteiger partial charge < -0.3 is 29.2 Å². The van der Waals surface area contributed by atoms with Crippen LogP contribution in [-0.4, -0.2) is 57.2 Å². The van der Waals surface area contributed by atoms with Crippen LogP contribution in [0.15, 0.2) is 94.6 Å². The van der Waals surface area contributed by atoms with Crippen molar-refractivity contribution < 1.29 is 57.9 Å². The number of carbonyl (C=O) groups excluding carboxylic acids is 6. The van der Waals surface area contributed by atoms with E-state index in [4.69, 9.17) is 18.9 Å². The normalized spacial score (nSPS) is 30.3. The minimum atomic E-state index is -1.62. The van der Waals surface area contributed by atoms with Gasteiger partial charge >= 0.3 is 23.9 Å². The number of ether oxygens (including phenoxy) is 4. The Bertz CT molecular complexity index is 1520. The lowest BCUT2D eigenvalue weighted by Crippen LogP contribution is -2.56. The molecule has 2 aliphatic heterocycles. The molecule has 0 bridgehead atoms. The molecule has 12 heteroatoms. The monoisotopic (exact) mass is 660 g/mol. The molecule has 1 saturated carbocycles. The number of aliphatic hydroxyl groups excluding tert-OH is 2. The van der Waals surface area contributed by atoms with E-state index in [9.17, 15) is 39.0 Å². The minimum absolute atomic E-state index is 0.0321. The molecule has 252 valence electrons. The topological polar surface area (TPSA) is 180 Å². The zero-order chi connectivity index (χ0) is 34.6. The Labute approximate surface area is 276 Å². The summed E-state index contributed by atoms with van der Waals surface area (Å²) in [7, 11) is 0. The van der Waals surface area contributed by atoms with Crippen molar-refractivity contribution >= 4 is 35.4 Å². The second-order valence-electron chi connectivity index (χ2n) is 12.4. The van der Waals surface area contributed by atoms with Gasteiger partial charge in [0.2, 0.25) is 0 Å². The lowest BCUT2D eigenvalue weighted by molar-refractivity contribution is -0.291. The highest BCUT2D eigenvalue weighted by Gasteiger charge is 2.56. The van der Waals surface area contributed by atoms with Crippen LogP contribution in [-0.2, 0) is 47.7 Å². The molecule has 5 aliphatic rings. The van der Waals surface area contributed by atoms with Gasteiger partial charge in [0, 0.05) is 50.4 Å². The van der Waals surface area contributed by atoms with Crippen LogP contribution in [0, 0.1) is 11.8 Å². The number of rotatable bonds is 6. The molecule has 2 N–H and O–H groups in total. The Morgan fingerprint density at radius 2 is 0.875 bits per heavy atom. The maximum absolute atomic E-state index is 12.8. The highest BCUT2D eigenvalue weighted by Crippen LogP contribution is 2.45. The lowest BCUT2D eigenvalue weighted by atomic mass is 9.87. The Morgan fingerprint density at radius 3 is 1.21 bits per heavy atom. The summed E-state index contributed by atoms with van der Waals surface area (Å²) in [4.78, 5) is 75.2. The molecule has 3 aliphatic carbocycles. The van der Waals surface area contributed by atoms with Gasteiger partial charge in [-0.25, -0.2) is 19.2 Å². The molecule has 0 aromatic rings. The molecule has 2 atom stereocenters. The summed E-state index contributed by atoms with van der Waals surface area (Å²) < 4.78 is 22.0. The summed E-state index contributed by atoms with van der Waals surface area (Å²) in [6.45, 7) is 3.66. The minimum Gasteiger partial charge on any atom is -0.511 e. The van der Waals surface area contributed by atoms with Crippen molar-refractivity contribution in [1.82, 2.24) is 0 Å². The first-order valence-electron chi connectivity index (χ1n) is 15.8. The van der Waals surface area contributed by atoms with Crippen LogP contribution in [0.2, 0.25) is 0 Å². The second kappa shape index (κ2) is 13.8. The van der Waals surface area contributed by atoms with Gasteiger partial charge in [0.05, 0.1) is 11.1 Å². The number of esters is 4. The standard InChI is InChI=1S/C36H36O12/c1-21-13-15-27(37)23(29(21)39)9-5-3-7-11-25-31(41)45-35(46-32(25)42)17-19-36(20-18-35)47-33(43)26(34(44)48-36)12-8-4-6-10-24-28(38)16-14-22(2)30(24)40/h3-12,21-22,39-40H,13-20H2,1-2H3/b7-3+,8-4+,9-5+,10-6+,25-11?,26-12?. The highest BCUT2D eigenvalue weighted by molar-refractivity contribution is 6.16. The van der Waals surface area contributed by atoms with Gasteiger partial charge in [0.25, 0.3) is 11.6 Å². The molecule has 0 aromatic carbocycles. The first-order chi connectivity index (χ1) is 22.8. The molecule has 0 radical (unpaired) electrons. The number of Topliss-reactive ketones (excluding diaryl/α,β-unsaturated/α-hetero) is 2. The molecule has 2 spiro atoms. The zero-order valence-electron chi connectivity index (χ0n) is 26.6. The van der Waals surface area contributed by atoms with Crippen molar-refractivity contribution in [2.24, 2.45) is 11.8 Å². The molecule has 2 heterocycles. The van der Waals surface area contributed by atoms with Gasteiger partial charge in [0.1, 0.15) is 22.7 Å². The van der Waals surface area contributed by atoms with E-state index in [2.05, 4.69) is 0 Å². The van der Waals surface area contributed by atoms with E-state index in [1.807, 2.05) is 13.8 Å². The van der Waals surface area contributed by atoms with Gasteiger partial charge in [-0.05, 0) is 37.1 Å². The first kappa shape index (κ1) is 34.1. The molecule has 0 aromatic heterocycles. The van der Waals surface area contributed by atoms with E-state index in [0.717, 1.165) is 0 Å². The maximum Gasteiger partial charge on any atom is 0.348 e. The van der Waals surface area contributed by atoms with Crippen molar-refractivity contribution in [2.45, 2.75) is 76.8 Å². The molecular formula is C36H36O12. The van der Waals surface area contributed by atoms with Crippen molar-refractivity contribution in [2.75, 3.05) is 0 Å². The molecule has 2 saturated heterocycles. The summed E-state index contributed by atoms with van der Waals surface area (Å²) in [6.07, 6.45) is 15.6. The number of carbonyl (C=O) groups is 6. The van der Waals surface area contributed by atoms with Crippen LogP contribution in [0.4, 0.5) is 0 Å². The Hall–Kier alpha value is -5.26. The largest absolute Gasteiger partial charge is 0.511 e. The van der Waals surface area contributed by atoms with E-state index < -0.39 is 35.5 Å². The Balaban J connectivity index is 1.15. The lowest BCUT2D eigenvalue weighted by Gasteiger charge is -2.45. The van der Waals surface area contributed by atoms with Crippen LogP contribution < -0.4 is 0 Å². The van der Waals surface area contributed by atoms with Gasteiger partial charge in [-0.1, -0.05) is 50.3 Å². The van der Waals surface area contributed by atoms with E-state index in [1.165, 1.54) is 60.8 Å². The predicted molar refractivity (Wildman–Crippen MR) is 167 cm³/mol. The fourth-order valence-electron chi connectivity index (χ4n) is 5.94. The number of hydrogen-bond acceptors (Lipinski definition) is 12. The molecule has 12 nitrogen and oxygen atoms in total. The van der Waals surface area contributed by atoms with Gasteiger partial charge in [0.15, 0.2) is 11.6 Å². The van der Waals surface area contributed by atoms with Gasteiger partial charge in [-0.2, -0.15) is 0 Å². The van der Waals surface area contributed by atoms with Crippen LogP contribution in [0.5, 0.6) is 0 Å². The number of allylic oxidation sites excluding steroid dienone is 14. The summed E-state index contributed by atoms with van der Waals surface area (Å²) in [5, 5.41) is 20.3. The van der Waals surface area contributed by atoms with E-state index >= 15 is 0 Å². The van der Waals surface area contributed by atoms with Gasteiger partial charge in [-0.15, -0.1) is 0 Å². The van der Waals surface area contributed by atoms with Crippen molar-refractivity contribution in [3.8, 4) is 0 Å². The smallest absolute Gasteiger partial charge is 0.348 e. The highest BCUT2D eigenvalue weighted by atomic mass is 16.8. The van der Waals surface area contributed by atoms with Gasteiger partial charge in [-0.3, -0.25) is 9.59 Å². The number of aliphatic hydroxyl groups is 2. The molecule has 48 heavy (non-hydrogen) atoms. The SMILES string of the molecule is CC1CCC(=O)C(/C=C/C=C/C=C2C(=O)OC3(CCC4(CC3)OC(=O)C(=C/C=C/C=C/C3=C(O)C(C)CCC3=O)C(=O)O4)OC2=O)=C1O. The average Bonchev–Trinajstić information content (AvgIpc) is 3.03. The third-order valence-corrected chi connectivity index (χ3v) is 8.96. The number of hydrogen-bond donors (Lipinski definition) is 2. The van der Waals surface area contributed by atoms with Crippen LogP contribution in [0.3, 0.4) is 0 Å². The first-order valence-corrected chi connectivity index (χ1v) is 15.8. The van der Waals surface area contributed by atoms with E-state index in [-0.39, 0.29) is 82.9 Å². The number of ketones is 2. The van der Waals surface area contributed by atoms with Crippen LogP contribution >= 0.6 is 0 Å². The quantitative estimate of drug-likeness (QED) is 0.171. The maximum atomic E-state index is 12.8. The fraction of sp³-hybridized carbons (Fsp3) is 0.389. The molecule has 0 amide bonds. The molecule has 3 fully saturated rings. The predicted octanol–water partition coefficient (Wildman–Crippen LogP) is 4.85. The molecule has 2 unspecified atom stereocenters. The molecular weight excluding hydrogens is 624 g/mol. The van der Waals surface area contributed by atoms with Crippen LogP contribution in [0.25, 0.3) is 0 Å². The summed E-state index contributed by atoms with van der Waals surface area (Å²) in [6, 6.07) is 0. The zero-order valence-corrected chi connectivity index (χ0v) is 26.6. The van der Waals surface area contributed by atoms with E-state index in [1.54, 1.807) is 0 Å². The fourth-order valence-corrected chi connectivity index (χ4v) is 5.94. The van der Waals surface area contributed by atoms with Crippen molar-refractivity contribution in [3.63, 3.8) is 0 Å². The van der Waals surface area contributed by atoms with E-state index in [0.29, 0.717) is 25.7 Å². The second-order valence-corrected chi connectivity index (χ2v) is 12.4. The summed E-state index contributed by atoms with van der Waals surface area (Å²) in [5.41, 5.74) is -0.246. The van der Waals surface area contributed by atoms with Crippen LogP contribution in [0.1, 0.15) is 65.2 Å². The molecule has 5 rings (SSSR count). The summed E-state index contributed by atoms with van der Waals surface area (Å²) in [5.74, 6) is -7.37. The van der Waals surface area contributed by atoms with Crippen molar-refractivity contribution in [3.05, 3.63) is 94.6 Å². The Morgan fingerprint density at radius 1 is 0.542 bits per heavy atom. The third kappa shape index (κ3) is 7.17.